The summed E-state index contributed by atoms with van der Waals surface area (Å²) < 4.78 is 9.60. The van der Waals surface area contributed by atoms with Gasteiger partial charge in [0.25, 0.3) is 11.5 Å². The van der Waals surface area contributed by atoms with Crippen LogP contribution in [0, 0.1) is 11.3 Å². The van der Waals surface area contributed by atoms with Crippen LogP contribution >= 0.6 is 11.3 Å². The highest BCUT2D eigenvalue weighted by Gasteiger charge is 2.32. The van der Waals surface area contributed by atoms with Crippen LogP contribution in [-0.4, -0.2) is 22.2 Å². The van der Waals surface area contributed by atoms with Gasteiger partial charge in [-0.2, -0.15) is 5.26 Å². The maximum Gasteiger partial charge on any atom is 0.271 e. The Morgan fingerprint density at radius 2 is 1.72 bits per heavy atom. The third-order valence-corrected chi connectivity index (χ3v) is 9.30. The second-order valence-corrected chi connectivity index (χ2v) is 12.2. The van der Waals surface area contributed by atoms with Crippen LogP contribution in [0.2, 0.25) is 0 Å². The van der Waals surface area contributed by atoms with E-state index < -0.39 is 6.04 Å². The Hall–Kier alpha value is -5.98. The van der Waals surface area contributed by atoms with Crippen molar-refractivity contribution < 1.29 is 9.53 Å². The molecule has 0 aliphatic carbocycles. The second kappa shape index (κ2) is 12.4. The van der Waals surface area contributed by atoms with Crippen molar-refractivity contribution >= 4 is 39.9 Å². The van der Waals surface area contributed by atoms with Crippen LogP contribution in [0.25, 0.3) is 17.0 Å². The smallest absolute Gasteiger partial charge is 0.271 e. The minimum absolute atomic E-state index is 0.237. The molecule has 1 N–H and O–H groups in total. The van der Waals surface area contributed by atoms with Crippen molar-refractivity contribution in [2.45, 2.75) is 19.5 Å². The SMILES string of the molecule is COc1ccc([C@H]2C(C(=O)Nc3ccccc3)=C(C)N=c3s/c(=C/c4cn(Cc5ccccc5C#N)c5ccccc45)c(=O)n32)cc1. The Labute approximate surface area is 274 Å². The number of nitrogens with zero attached hydrogens (tertiary/aromatic N) is 4. The molecular formula is C38H29N5O3S. The number of nitriles is 1. The molecule has 1 aliphatic heterocycles. The van der Waals surface area contributed by atoms with Crippen LogP contribution < -0.4 is 24.9 Å². The summed E-state index contributed by atoms with van der Waals surface area (Å²) in [5, 5.41) is 13.6. The predicted octanol–water partition coefficient (Wildman–Crippen LogP) is 5.76. The highest BCUT2D eigenvalue weighted by molar-refractivity contribution is 7.07. The van der Waals surface area contributed by atoms with E-state index >= 15 is 0 Å². The summed E-state index contributed by atoms with van der Waals surface area (Å²) in [7, 11) is 1.60. The standard InChI is InChI=1S/C38H29N5O3S/c1-24-34(36(44)41-29-12-4-3-5-13-29)35(25-16-18-30(46-2)19-17-25)43-37(45)33(47-38(43)40-24)20-28-23-42(32-15-9-8-14-31(28)32)22-27-11-7-6-10-26(27)21-39/h3-20,23,35H,22H2,1-2H3,(H,41,44)/b33-20+/t35-/m0/s1. The number of allylic oxidation sites excluding steroid dienone is 1. The second-order valence-electron chi connectivity index (χ2n) is 11.2. The minimum atomic E-state index is -0.702. The lowest BCUT2D eigenvalue weighted by atomic mass is 9.95. The number of nitrogens with one attached hydrogen (secondary N) is 1. The largest absolute Gasteiger partial charge is 0.497 e. The summed E-state index contributed by atoms with van der Waals surface area (Å²) in [6, 6.07) is 33.8. The first-order valence-electron chi connectivity index (χ1n) is 15.0. The van der Waals surface area contributed by atoms with Gasteiger partial charge in [0.05, 0.1) is 40.6 Å². The van der Waals surface area contributed by atoms with Crippen molar-refractivity contribution in [3.05, 3.63) is 163 Å². The van der Waals surface area contributed by atoms with E-state index in [-0.39, 0.29) is 11.5 Å². The summed E-state index contributed by atoms with van der Waals surface area (Å²) in [6.07, 6.45) is 3.91. The first kappa shape index (κ1) is 29.7. The van der Waals surface area contributed by atoms with Gasteiger partial charge in [0, 0.05) is 34.9 Å². The van der Waals surface area contributed by atoms with Crippen molar-refractivity contribution in [2.75, 3.05) is 12.4 Å². The molecule has 0 spiro atoms. The van der Waals surface area contributed by atoms with Gasteiger partial charge >= 0.3 is 0 Å². The number of rotatable bonds is 7. The number of hydrogen-bond donors (Lipinski definition) is 1. The average Bonchev–Trinajstić information content (AvgIpc) is 3.60. The van der Waals surface area contributed by atoms with Crippen LogP contribution in [0.3, 0.4) is 0 Å². The molecule has 7 rings (SSSR count). The van der Waals surface area contributed by atoms with Crippen LogP contribution in [0.4, 0.5) is 5.69 Å². The van der Waals surface area contributed by atoms with Crippen LogP contribution in [0.1, 0.15) is 35.2 Å². The van der Waals surface area contributed by atoms with E-state index in [0.29, 0.717) is 44.1 Å². The average molecular weight is 636 g/mol. The first-order valence-corrected chi connectivity index (χ1v) is 15.9. The number of fused-ring (bicyclic) bond motifs is 2. The van der Waals surface area contributed by atoms with Crippen molar-refractivity contribution in [3.63, 3.8) is 0 Å². The molecule has 1 amide bonds. The Morgan fingerprint density at radius 1 is 1.00 bits per heavy atom. The zero-order chi connectivity index (χ0) is 32.5. The molecule has 0 unspecified atom stereocenters. The molecule has 0 radical (unpaired) electrons. The summed E-state index contributed by atoms with van der Waals surface area (Å²) in [5.41, 5.74) is 5.52. The summed E-state index contributed by atoms with van der Waals surface area (Å²) in [6.45, 7) is 2.32. The minimum Gasteiger partial charge on any atom is -0.497 e. The number of anilines is 1. The Morgan fingerprint density at radius 3 is 2.49 bits per heavy atom. The maximum absolute atomic E-state index is 14.3. The van der Waals surface area contributed by atoms with Gasteiger partial charge < -0.3 is 14.6 Å². The molecule has 230 valence electrons. The quantitative estimate of drug-likeness (QED) is 0.241. The number of methoxy groups -OCH3 is 1. The van der Waals surface area contributed by atoms with Crippen LogP contribution in [0.15, 0.2) is 130 Å². The van der Waals surface area contributed by atoms with Gasteiger partial charge in [0.15, 0.2) is 4.80 Å². The van der Waals surface area contributed by atoms with E-state index in [1.807, 2.05) is 115 Å². The summed E-state index contributed by atoms with van der Waals surface area (Å²) >= 11 is 1.30. The third kappa shape index (κ3) is 5.56. The van der Waals surface area contributed by atoms with Gasteiger partial charge in [0.2, 0.25) is 0 Å². The van der Waals surface area contributed by atoms with Crippen LogP contribution in [0.5, 0.6) is 5.75 Å². The van der Waals surface area contributed by atoms with Gasteiger partial charge in [-0.3, -0.25) is 14.2 Å². The Kier molecular flexibility index (Phi) is 7.86. The first-order chi connectivity index (χ1) is 22.9. The summed E-state index contributed by atoms with van der Waals surface area (Å²) in [4.78, 5) is 33.5. The topological polar surface area (TPSA) is 101 Å². The lowest BCUT2D eigenvalue weighted by Gasteiger charge is -2.25. The molecule has 1 atom stereocenters. The fraction of sp³-hybridized carbons (Fsp3) is 0.105. The molecule has 47 heavy (non-hydrogen) atoms. The molecule has 1 aliphatic rings. The number of amides is 1. The van der Waals surface area contributed by atoms with Crippen molar-refractivity contribution in [1.82, 2.24) is 9.13 Å². The number of para-hydroxylation sites is 2. The lowest BCUT2D eigenvalue weighted by Crippen LogP contribution is -2.40. The Bertz CT molecular complexity index is 2410. The fourth-order valence-electron chi connectivity index (χ4n) is 6.05. The number of thiazole rings is 1. The molecule has 0 saturated carbocycles. The number of ether oxygens (including phenoxy) is 1. The maximum atomic E-state index is 14.3. The van der Waals surface area contributed by atoms with Gasteiger partial charge in [-0.15, -0.1) is 0 Å². The molecule has 9 heteroatoms. The van der Waals surface area contributed by atoms with E-state index in [9.17, 15) is 14.9 Å². The number of carbonyl (C=O) groups excluding carboxylic acids is 1. The van der Waals surface area contributed by atoms with E-state index in [4.69, 9.17) is 9.73 Å². The molecule has 4 aromatic carbocycles. The Balaban J connectivity index is 1.36. The number of hydrogen-bond acceptors (Lipinski definition) is 6. The van der Waals surface area contributed by atoms with Gasteiger partial charge in [-0.25, -0.2) is 4.99 Å². The van der Waals surface area contributed by atoms with Gasteiger partial charge in [-0.05, 0) is 60.5 Å². The molecular weight excluding hydrogens is 607 g/mol. The number of benzene rings is 4. The lowest BCUT2D eigenvalue weighted by molar-refractivity contribution is -0.113. The zero-order valence-electron chi connectivity index (χ0n) is 25.7. The molecule has 3 heterocycles. The van der Waals surface area contributed by atoms with Crippen molar-refractivity contribution in [2.24, 2.45) is 4.99 Å². The van der Waals surface area contributed by atoms with E-state index in [1.165, 1.54) is 11.3 Å². The monoisotopic (exact) mass is 635 g/mol. The zero-order valence-corrected chi connectivity index (χ0v) is 26.5. The normalized spacial score (nSPS) is 14.4. The molecule has 2 aromatic heterocycles. The molecule has 0 fully saturated rings. The van der Waals surface area contributed by atoms with Gasteiger partial charge in [0.1, 0.15) is 5.75 Å². The van der Waals surface area contributed by atoms with Crippen molar-refractivity contribution in [1.29, 1.82) is 5.26 Å². The molecule has 0 saturated heterocycles. The van der Waals surface area contributed by atoms with Gasteiger partial charge in [-0.1, -0.05) is 78.1 Å². The third-order valence-electron chi connectivity index (χ3n) is 8.31. The highest BCUT2D eigenvalue weighted by atomic mass is 32.1. The number of carbonyl (C=O) groups is 1. The fourth-order valence-corrected chi connectivity index (χ4v) is 7.08. The number of aromatic nitrogens is 2. The summed E-state index contributed by atoms with van der Waals surface area (Å²) in [5.74, 6) is 0.346. The van der Waals surface area contributed by atoms with E-state index in [2.05, 4.69) is 16.0 Å². The molecule has 6 aromatic rings. The van der Waals surface area contributed by atoms with E-state index in [1.54, 1.807) is 18.6 Å². The van der Waals surface area contributed by atoms with Crippen LogP contribution in [-0.2, 0) is 11.3 Å². The van der Waals surface area contributed by atoms with Crippen molar-refractivity contribution in [3.8, 4) is 11.8 Å². The highest BCUT2D eigenvalue weighted by Crippen LogP contribution is 2.32. The molecule has 0 bridgehead atoms. The van der Waals surface area contributed by atoms with E-state index in [0.717, 1.165) is 27.6 Å². The predicted molar refractivity (Wildman–Crippen MR) is 184 cm³/mol. The molecule has 8 nitrogen and oxygen atoms in total.